The minimum atomic E-state index is -1.10. The van der Waals surface area contributed by atoms with Crippen LogP contribution < -0.4 is 11.1 Å². The summed E-state index contributed by atoms with van der Waals surface area (Å²) in [5, 5.41) is 9.00. The lowest BCUT2D eigenvalue weighted by Gasteiger charge is -2.19. The fourth-order valence-electron chi connectivity index (χ4n) is 2.30. The number of methoxy groups -OCH3 is 1. The number of H-pyrrole nitrogens is 1. The summed E-state index contributed by atoms with van der Waals surface area (Å²) in [7, 11) is 1.52. The van der Waals surface area contributed by atoms with Gasteiger partial charge in [0.1, 0.15) is 0 Å². The Morgan fingerprint density at radius 2 is 2.14 bits per heavy atom. The van der Waals surface area contributed by atoms with Gasteiger partial charge in [0.15, 0.2) is 0 Å². The number of ether oxygens (including phenoxy) is 1. The summed E-state index contributed by atoms with van der Waals surface area (Å²) in [5.74, 6) is -1.10. The highest BCUT2D eigenvalue weighted by molar-refractivity contribution is 5.92. The van der Waals surface area contributed by atoms with Crippen LogP contribution in [0.15, 0.2) is 27.8 Å². The van der Waals surface area contributed by atoms with Crippen molar-refractivity contribution in [3.63, 3.8) is 0 Å². The molecule has 0 saturated heterocycles. The minimum Gasteiger partial charge on any atom is -0.478 e. The van der Waals surface area contributed by atoms with Gasteiger partial charge >= 0.3 is 17.1 Å². The molecule has 0 bridgehead atoms. The van der Waals surface area contributed by atoms with E-state index in [2.05, 4.69) is 4.98 Å². The van der Waals surface area contributed by atoms with Crippen LogP contribution in [-0.2, 0) is 4.74 Å². The van der Waals surface area contributed by atoms with Crippen molar-refractivity contribution in [2.75, 3.05) is 13.7 Å². The average Bonchev–Trinajstić information content (AvgIpc) is 2.46. The van der Waals surface area contributed by atoms with Gasteiger partial charge in [-0.15, -0.1) is 0 Å². The number of hydrogen-bond donors (Lipinski definition) is 2. The maximum absolute atomic E-state index is 12.1. The molecule has 0 radical (unpaired) electrons. The molecular formula is C14H16N2O5. The number of carboxylic acids is 1. The summed E-state index contributed by atoms with van der Waals surface area (Å²) in [5.41, 5.74) is -0.611. The third-order valence-corrected chi connectivity index (χ3v) is 3.36. The largest absolute Gasteiger partial charge is 0.478 e. The number of fused-ring (bicyclic) bond motifs is 1. The molecular weight excluding hydrogens is 276 g/mol. The van der Waals surface area contributed by atoms with E-state index in [1.54, 1.807) is 0 Å². The summed E-state index contributed by atoms with van der Waals surface area (Å²) < 4.78 is 6.45. The van der Waals surface area contributed by atoms with E-state index in [0.717, 1.165) is 0 Å². The molecule has 2 N–H and O–H groups in total. The second-order valence-corrected chi connectivity index (χ2v) is 4.68. The van der Waals surface area contributed by atoms with E-state index < -0.39 is 17.1 Å². The maximum atomic E-state index is 12.1. The number of aromatic amines is 1. The van der Waals surface area contributed by atoms with Crippen molar-refractivity contribution in [1.29, 1.82) is 0 Å². The number of carbonyl (C=O) groups is 1. The molecule has 21 heavy (non-hydrogen) atoms. The fraction of sp³-hybridized carbons (Fsp3) is 0.357. The third-order valence-electron chi connectivity index (χ3n) is 3.36. The summed E-state index contributed by atoms with van der Waals surface area (Å²) in [6.07, 6.45) is 0.604. The van der Waals surface area contributed by atoms with Gasteiger partial charge in [-0.2, -0.15) is 0 Å². The van der Waals surface area contributed by atoms with E-state index in [-0.39, 0.29) is 18.2 Å². The molecule has 0 aliphatic rings. The molecule has 7 nitrogen and oxygen atoms in total. The minimum absolute atomic E-state index is 0.0446. The van der Waals surface area contributed by atoms with Crippen molar-refractivity contribution in [3.8, 4) is 0 Å². The van der Waals surface area contributed by atoms with Crippen LogP contribution in [-0.4, -0.2) is 34.3 Å². The van der Waals surface area contributed by atoms with Gasteiger partial charge in [-0.3, -0.25) is 14.2 Å². The van der Waals surface area contributed by atoms with Gasteiger partial charge in [0.25, 0.3) is 0 Å². The number of aromatic carboxylic acids is 1. The van der Waals surface area contributed by atoms with Crippen LogP contribution in [0.1, 0.15) is 29.7 Å². The summed E-state index contributed by atoms with van der Waals surface area (Å²) in [6.45, 7) is 2.17. The van der Waals surface area contributed by atoms with E-state index in [1.165, 1.54) is 29.9 Å². The lowest BCUT2D eigenvalue weighted by molar-refractivity contribution is 0.0697. The number of nitrogens with zero attached hydrogens (tertiary/aromatic N) is 1. The number of aromatic nitrogens is 2. The normalized spacial score (nSPS) is 12.5. The Bertz CT molecular complexity index is 790. The first-order valence-electron chi connectivity index (χ1n) is 6.50. The van der Waals surface area contributed by atoms with E-state index in [4.69, 9.17) is 9.84 Å². The molecule has 0 aliphatic carbocycles. The fourth-order valence-corrected chi connectivity index (χ4v) is 2.30. The Labute approximate surface area is 119 Å². The second kappa shape index (κ2) is 5.92. The highest BCUT2D eigenvalue weighted by atomic mass is 16.5. The predicted octanol–water partition coefficient (Wildman–Crippen LogP) is 0.986. The van der Waals surface area contributed by atoms with Crippen LogP contribution in [0.3, 0.4) is 0 Å². The highest BCUT2D eigenvalue weighted by Crippen LogP contribution is 2.17. The van der Waals surface area contributed by atoms with Crippen molar-refractivity contribution in [3.05, 3.63) is 44.5 Å². The first-order chi connectivity index (χ1) is 9.99. The van der Waals surface area contributed by atoms with Gasteiger partial charge in [-0.05, 0) is 24.6 Å². The van der Waals surface area contributed by atoms with Gasteiger partial charge < -0.3 is 14.8 Å². The van der Waals surface area contributed by atoms with Gasteiger partial charge in [0.2, 0.25) is 0 Å². The number of rotatable bonds is 5. The van der Waals surface area contributed by atoms with Crippen LogP contribution in [0.4, 0.5) is 0 Å². The molecule has 0 fully saturated rings. The zero-order valence-electron chi connectivity index (χ0n) is 11.8. The van der Waals surface area contributed by atoms with Crippen LogP contribution >= 0.6 is 0 Å². The van der Waals surface area contributed by atoms with Gasteiger partial charge in [-0.25, -0.2) is 4.79 Å². The van der Waals surface area contributed by atoms with Crippen LogP contribution in [0, 0.1) is 0 Å². The molecule has 1 aromatic heterocycles. The molecule has 2 aromatic rings. The summed E-state index contributed by atoms with van der Waals surface area (Å²) in [6, 6.07) is 3.98. The molecule has 2 rings (SSSR count). The van der Waals surface area contributed by atoms with Crippen LogP contribution in [0.25, 0.3) is 11.0 Å². The van der Waals surface area contributed by atoms with Crippen molar-refractivity contribution in [2.24, 2.45) is 0 Å². The van der Waals surface area contributed by atoms with Crippen molar-refractivity contribution in [1.82, 2.24) is 9.55 Å². The van der Waals surface area contributed by atoms with Gasteiger partial charge in [-0.1, -0.05) is 6.92 Å². The standard InChI is InChI=1S/C14H16N2O5/c1-3-9(7-21-2)16-11-5-4-8(14(19)20)6-10(11)15-12(17)13(16)18/h4-6,9H,3,7H2,1-2H3,(H,15,17)(H,19,20). The van der Waals surface area contributed by atoms with Crippen LogP contribution in [0.5, 0.6) is 0 Å². The van der Waals surface area contributed by atoms with Crippen molar-refractivity contribution < 1.29 is 14.6 Å². The average molecular weight is 292 g/mol. The molecule has 0 spiro atoms. The highest BCUT2D eigenvalue weighted by Gasteiger charge is 2.17. The Hall–Kier alpha value is -2.41. The topological polar surface area (TPSA) is 101 Å². The molecule has 1 aromatic carbocycles. The van der Waals surface area contributed by atoms with Crippen LogP contribution in [0.2, 0.25) is 0 Å². The summed E-state index contributed by atoms with van der Waals surface area (Å²) >= 11 is 0. The second-order valence-electron chi connectivity index (χ2n) is 4.68. The zero-order valence-corrected chi connectivity index (χ0v) is 11.8. The van der Waals surface area contributed by atoms with Gasteiger partial charge in [0.05, 0.1) is 29.2 Å². The third kappa shape index (κ3) is 2.73. The van der Waals surface area contributed by atoms with E-state index in [0.29, 0.717) is 17.5 Å². The molecule has 1 atom stereocenters. The lowest BCUT2D eigenvalue weighted by Crippen LogP contribution is -2.39. The Morgan fingerprint density at radius 1 is 1.43 bits per heavy atom. The molecule has 0 aliphatic heterocycles. The molecule has 7 heteroatoms. The van der Waals surface area contributed by atoms with Gasteiger partial charge in [0, 0.05) is 7.11 Å². The SMILES string of the molecule is CCC(COC)n1c(=O)c(=O)[nH]c2cc(C(=O)O)ccc21. The monoisotopic (exact) mass is 292 g/mol. The Balaban J connectivity index is 2.79. The molecule has 1 heterocycles. The number of nitrogens with one attached hydrogen (secondary N) is 1. The molecule has 112 valence electrons. The quantitative estimate of drug-likeness (QED) is 0.800. The van der Waals surface area contributed by atoms with E-state index in [1.807, 2.05) is 6.92 Å². The molecule has 0 amide bonds. The molecule has 0 saturated carbocycles. The van der Waals surface area contributed by atoms with E-state index in [9.17, 15) is 14.4 Å². The van der Waals surface area contributed by atoms with Crippen molar-refractivity contribution in [2.45, 2.75) is 19.4 Å². The van der Waals surface area contributed by atoms with Crippen molar-refractivity contribution >= 4 is 17.0 Å². The number of hydrogen-bond acceptors (Lipinski definition) is 4. The zero-order chi connectivity index (χ0) is 15.6. The van der Waals surface area contributed by atoms with E-state index >= 15 is 0 Å². The lowest BCUT2D eigenvalue weighted by atomic mass is 10.1. The first kappa shape index (κ1) is 15.0. The smallest absolute Gasteiger partial charge is 0.335 e. The Morgan fingerprint density at radius 3 is 2.71 bits per heavy atom. The maximum Gasteiger partial charge on any atom is 0.335 e. The summed E-state index contributed by atoms with van der Waals surface area (Å²) in [4.78, 5) is 37.3. The molecule has 1 unspecified atom stereocenters. The first-order valence-corrected chi connectivity index (χ1v) is 6.50. The number of carboxylic acid groups (broad SMARTS) is 1. The number of benzene rings is 1. The predicted molar refractivity (Wildman–Crippen MR) is 77.0 cm³/mol. The Kier molecular flexibility index (Phi) is 4.23.